The van der Waals surface area contributed by atoms with Gasteiger partial charge in [0.05, 0.1) is 17.1 Å². The van der Waals surface area contributed by atoms with Crippen molar-refractivity contribution in [1.29, 1.82) is 0 Å². The van der Waals surface area contributed by atoms with Gasteiger partial charge in [-0.15, -0.1) is 0 Å². The fourth-order valence-electron chi connectivity index (χ4n) is 3.43. The van der Waals surface area contributed by atoms with Gasteiger partial charge in [0.25, 0.3) is 0 Å². The molecule has 2 aromatic rings. The maximum atomic E-state index is 12.5. The Bertz CT molecular complexity index is 1010. The first kappa shape index (κ1) is 19.6. The van der Waals surface area contributed by atoms with Gasteiger partial charge in [0.15, 0.2) is 16.4 Å². The van der Waals surface area contributed by atoms with Crippen molar-refractivity contribution >= 4 is 33.2 Å². The van der Waals surface area contributed by atoms with Crippen molar-refractivity contribution < 1.29 is 22.7 Å². The van der Waals surface area contributed by atoms with E-state index in [4.69, 9.17) is 16.3 Å². The highest BCUT2D eigenvalue weighted by Gasteiger charge is 2.31. The highest BCUT2D eigenvalue weighted by atomic mass is 35.5. The molecule has 1 aliphatic heterocycles. The van der Waals surface area contributed by atoms with E-state index in [1.165, 1.54) is 12.3 Å². The van der Waals surface area contributed by atoms with Crippen molar-refractivity contribution in [3.8, 4) is 0 Å². The van der Waals surface area contributed by atoms with E-state index in [1.807, 2.05) is 11.5 Å². The van der Waals surface area contributed by atoms with Gasteiger partial charge in [0.2, 0.25) is 5.78 Å². The zero-order chi connectivity index (χ0) is 19.8. The maximum Gasteiger partial charge on any atom is 0.341 e. The van der Waals surface area contributed by atoms with Crippen LogP contribution in [-0.4, -0.2) is 47.8 Å². The number of aryl methyl sites for hydroxylation is 1. The Kier molecular flexibility index (Phi) is 5.39. The van der Waals surface area contributed by atoms with Crippen LogP contribution in [0.1, 0.15) is 44.6 Å². The van der Waals surface area contributed by atoms with Gasteiger partial charge in [-0.05, 0) is 38.5 Å². The minimum absolute atomic E-state index is 0.00979. The molecule has 0 amide bonds. The first-order chi connectivity index (χ1) is 12.7. The van der Waals surface area contributed by atoms with Crippen LogP contribution in [0.15, 0.2) is 24.4 Å². The summed E-state index contributed by atoms with van der Waals surface area (Å²) in [6.07, 6.45) is 1.98. The molecule has 0 unspecified atom stereocenters. The van der Waals surface area contributed by atoms with Gasteiger partial charge >= 0.3 is 5.97 Å². The highest BCUT2D eigenvalue weighted by Crippen LogP contribution is 2.29. The fourth-order valence-corrected chi connectivity index (χ4v) is 5.32. The molecule has 144 valence electrons. The van der Waals surface area contributed by atoms with Gasteiger partial charge in [-0.25, -0.2) is 18.2 Å². The van der Waals surface area contributed by atoms with Crippen LogP contribution in [0.4, 0.5) is 0 Å². The number of aromatic nitrogens is 2. The Morgan fingerprint density at radius 1 is 1.33 bits per heavy atom. The Hall–Kier alpha value is -2.19. The summed E-state index contributed by atoms with van der Waals surface area (Å²) in [6.45, 7) is 3.17. The lowest BCUT2D eigenvalue weighted by molar-refractivity contribution is 0.0474. The van der Waals surface area contributed by atoms with Gasteiger partial charge in [0.1, 0.15) is 5.15 Å². The molecule has 1 aliphatic rings. The van der Waals surface area contributed by atoms with E-state index < -0.39 is 22.4 Å². The van der Waals surface area contributed by atoms with Crippen molar-refractivity contribution in [2.75, 3.05) is 18.1 Å². The fraction of sp³-hybridized carbons (Fsp3) is 0.389. The second-order valence-electron chi connectivity index (χ2n) is 6.55. The zero-order valence-corrected chi connectivity index (χ0v) is 16.5. The van der Waals surface area contributed by atoms with Crippen molar-refractivity contribution in [1.82, 2.24) is 9.55 Å². The number of hydrogen-bond donors (Lipinski definition) is 0. The van der Waals surface area contributed by atoms with Crippen molar-refractivity contribution in [2.24, 2.45) is 0 Å². The molecule has 0 saturated carbocycles. The molecule has 3 heterocycles. The van der Waals surface area contributed by atoms with Crippen molar-refractivity contribution in [3.05, 3.63) is 52.1 Å². The van der Waals surface area contributed by atoms with E-state index in [-0.39, 0.29) is 34.0 Å². The number of rotatable bonds is 5. The van der Waals surface area contributed by atoms with Crippen LogP contribution >= 0.6 is 11.6 Å². The average Bonchev–Trinajstić information content (AvgIpc) is 3.11. The van der Waals surface area contributed by atoms with E-state index in [0.717, 1.165) is 5.69 Å². The van der Waals surface area contributed by atoms with Crippen LogP contribution in [0.3, 0.4) is 0 Å². The number of ketones is 1. The highest BCUT2D eigenvalue weighted by molar-refractivity contribution is 7.91. The molecule has 0 aliphatic carbocycles. The van der Waals surface area contributed by atoms with Crippen LogP contribution < -0.4 is 0 Å². The molecule has 27 heavy (non-hydrogen) atoms. The standard InChI is InChI=1S/C18H19ClN2O5S/c1-11-8-15(12(2)21(11)13-5-7-27(24,25)10-13)16(22)9-26-18(23)14-4-3-6-20-17(14)19/h3-4,6,8,13H,5,7,9-10H2,1-2H3/t13-/m1/s1. The van der Waals surface area contributed by atoms with Crippen LogP contribution in [0, 0.1) is 13.8 Å². The quantitative estimate of drug-likeness (QED) is 0.427. The molecule has 0 spiro atoms. The lowest BCUT2D eigenvalue weighted by atomic mass is 10.1. The second kappa shape index (κ2) is 7.44. The Morgan fingerprint density at radius 3 is 2.70 bits per heavy atom. The lowest BCUT2D eigenvalue weighted by Crippen LogP contribution is -2.17. The molecular formula is C18H19ClN2O5S. The number of hydrogen-bond acceptors (Lipinski definition) is 6. The summed E-state index contributed by atoms with van der Waals surface area (Å²) in [6, 6.07) is 4.54. The van der Waals surface area contributed by atoms with E-state index in [9.17, 15) is 18.0 Å². The molecule has 7 nitrogen and oxygen atoms in total. The van der Waals surface area contributed by atoms with Gasteiger partial charge in [-0.3, -0.25) is 4.79 Å². The van der Waals surface area contributed by atoms with Crippen molar-refractivity contribution in [3.63, 3.8) is 0 Å². The molecule has 0 radical (unpaired) electrons. The van der Waals surface area contributed by atoms with Gasteiger partial charge < -0.3 is 9.30 Å². The molecule has 9 heteroatoms. The Morgan fingerprint density at radius 2 is 2.07 bits per heavy atom. The molecule has 0 N–H and O–H groups in total. The van der Waals surface area contributed by atoms with Gasteiger partial charge in [-0.2, -0.15) is 0 Å². The third kappa shape index (κ3) is 4.06. The predicted molar refractivity (Wildman–Crippen MR) is 100 cm³/mol. The molecule has 1 fully saturated rings. The predicted octanol–water partition coefficient (Wildman–Crippen LogP) is 2.55. The number of pyridine rings is 1. The van der Waals surface area contributed by atoms with Gasteiger partial charge in [0, 0.05) is 29.2 Å². The summed E-state index contributed by atoms with van der Waals surface area (Å²) < 4.78 is 30.5. The summed E-state index contributed by atoms with van der Waals surface area (Å²) in [5, 5.41) is 0.00979. The topological polar surface area (TPSA) is 95.3 Å². The first-order valence-electron chi connectivity index (χ1n) is 8.39. The minimum Gasteiger partial charge on any atom is -0.454 e. The normalized spacial score (nSPS) is 18.4. The van der Waals surface area contributed by atoms with Crippen LogP contribution in [-0.2, 0) is 14.6 Å². The summed E-state index contributed by atoms with van der Waals surface area (Å²) in [5.41, 5.74) is 1.99. The number of nitrogens with zero attached hydrogens (tertiary/aromatic N) is 2. The monoisotopic (exact) mass is 410 g/mol. The molecule has 1 atom stereocenters. The summed E-state index contributed by atoms with van der Waals surface area (Å²) >= 11 is 5.85. The van der Waals surface area contributed by atoms with E-state index in [0.29, 0.717) is 17.7 Å². The molecule has 0 aromatic carbocycles. The SMILES string of the molecule is Cc1cc(C(=O)COC(=O)c2cccnc2Cl)c(C)n1[C@@H]1CCS(=O)(=O)C1. The van der Waals surface area contributed by atoms with Crippen LogP contribution in [0.5, 0.6) is 0 Å². The average molecular weight is 411 g/mol. The molecular weight excluding hydrogens is 392 g/mol. The third-order valence-electron chi connectivity index (χ3n) is 4.67. The second-order valence-corrected chi connectivity index (χ2v) is 9.14. The van der Waals surface area contributed by atoms with E-state index in [1.54, 1.807) is 19.1 Å². The lowest BCUT2D eigenvalue weighted by Gasteiger charge is -2.16. The first-order valence-corrected chi connectivity index (χ1v) is 10.6. The number of esters is 1. The molecule has 3 rings (SSSR count). The molecule has 0 bridgehead atoms. The number of ether oxygens (including phenoxy) is 1. The molecule has 1 saturated heterocycles. The molecule has 2 aromatic heterocycles. The third-order valence-corrected chi connectivity index (χ3v) is 6.72. The summed E-state index contributed by atoms with van der Waals surface area (Å²) in [5.74, 6) is -0.854. The van der Waals surface area contributed by atoms with Crippen LogP contribution in [0.2, 0.25) is 5.15 Å². The largest absolute Gasteiger partial charge is 0.454 e. The minimum atomic E-state index is -3.04. The Balaban J connectivity index is 1.73. The van der Waals surface area contributed by atoms with E-state index in [2.05, 4.69) is 4.98 Å². The summed E-state index contributed by atoms with van der Waals surface area (Å²) in [4.78, 5) is 28.4. The zero-order valence-electron chi connectivity index (χ0n) is 14.9. The number of carbonyl (C=O) groups excluding carboxylic acids is 2. The van der Waals surface area contributed by atoms with Gasteiger partial charge in [-0.1, -0.05) is 11.6 Å². The van der Waals surface area contributed by atoms with Crippen molar-refractivity contribution in [2.45, 2.75) is 26.3 Å². The number of carbonyl (C=O) groups is 2. The van der Waals surface area contributed by atoms with Crippen LogP contribution in [0.25, 0.3) is 0 Å². The number of sulfone groups is 1. The number of halogens is 1. The maximum absolute atomic E-state index is 12.5. The smallest absolute Gasteiger partial charge is 0.341 e. The van der Waals surface area contributed by atoms with E-state index >= 15 is 0 Å². The number of Topliss-reactive ketones (excluding diaryl/α,β-unsaturated/α-hetero) is 1. The summed E-state index contributed by atoms with van der Waals surface area (Å²) in [7, 11) is -3.04. The Labute approximate surface area is 162 Å².